The van der Waals surface area contributed by atoms with Gasteiger partial charge in [0.15, 0.2) is 0 Å². The maximum absolute atomic E-state index is 12.0. The van der Waals surface area contributed by atoms with Crippen LogP contribution in [0.4, 0.5) is 11.4 Å². The summed E-state index contributed by atoms with van der Waals surface area (Å²) < 4.78 is 5.00. The minimum absolute atomic E-state index is 0.0912. The van der Waals surface area contributed by atoms with Gasteiger partial charge in [-0.3, -0.25) is 9.69 Å². The number of nitrogens with one attached hydrogen (secondary N) is 1. The first kappa shape index (κ1) is 14.1. The van der Waals surface area contributed by atoms with Gasteiger partial charge in [-0.05, 0) is 37.7 Å². The predicted octanol–water partition coefficient (Wildman–Crippen LogP) is 2.24. The quantitative estimate of drug-likeness (QED) is 0.820. The van der Waals surface area contributed by atoms with E-state index in [1.807, 2.05) is 43.1 Å². The maximum atomic E-state index is 12.0. The van der Waals surface area contributed by atoms with E-state index >= 15 is 0 Å². The van der Waals surface area contributed by atoms with E-state index in [4.69, 9.17) is 10.2 Å². The lowest BCUT2D eigenvalue weighted by Gasteiger charge is -2.16. The number of furan rings is 1. The van der Waals surface area contributed by atoms with Crippen molar-refractivity contribution in [1.29, 1.82) is 0 Å². The second-order valence-electron chi connectivity index (χ2n) is 4.94. The number of likely N-dealkylation sites (N-methyl/N-ethyl adjacent to an activating group) is 1. The van der Waals surface area contributed by atoms with Crippen molar-refractivity contribution in [3.05, 3.63) is 47.9 Å². The van der Waals surface area contributed by atoms with Crippen LogP contribution in [0.1, 0.15) is 11.1 Å². The first-order chi connectivity index (χ1) is 9.54. The van der Waals surface area contributed by atoms with Crippen molar-refractivity contribution >= 4 is 17.3 Å². The number of carbonyl (C=O) groups excluding carboxylic acids is 1. The summed E-state index contributed by atoms with van der Waals surface area (Å²) in [6.45, 7) is 2.91. The number of carbonyl (C=O) groups is 1. The zero-order valence-corrected chi connectivity index (χ0v) is 11.7. The molecule has 106 valence electrons. The molecule has 5 heteroatoms. The van der Waals surface area contributed by atoms with Gasteiger partial charge in [0.1, 0.15) is 0 Å². The molecule has 2 rings (SSSR count). The van der Waals surface area contributed by atoms with E-state index < -0.39 is 0 Å². The third-order valence-electron chi connectivity index (χ3n) is 2.93. The molecule has 5 nitrogen and oxygen atoms in total. The molecule has 0 spiro atoms. The molecule has 0 saturated heterocycles. The number of anilines is 2. The van der Waals surface area contributed by atoms with E-state index in [2.05, 4.69) is 5.32 Å². The molecule has 0 aliphatic carbocycles. The first-order valence-corrected chi connectivity index (χ1v) is 6.40. The van der Waals surface area contributed by atoms with Gasteiger partial charge in [0.05, 0.1) is 30.4 Å². The number of hydrogen-bond donors (Lipinski definition) is 2. The zero-order chi connectivity index (χ0) is 14.5. The summed E-state index contributed by atoms with van der Waals surface area (Å²) in [4.78, 5) is 13.9. The highest BCUT2D eigenvalue weighted by atomic mass is 16.3. The number of nitrogens with zero attached hydrogens (tertiary/aromatic N) is 1. The molecule has 0 fully saturated rings. The summed E-state index contributed by atoms with van der Waals surface area (Å²) in [6.07, 6.45) is 3.29. The molecule has 1 aromatic heterocycles. The lowest BCUT2D eigenvalue weighted by molar-refractivity contribution is -0.117. The first-order valence-electron chi connectivity index (χ1n) is 6.40. The second-order valence-corrected chi connectivity index (χ2v) is 4.94. The topological polar surface area (TPSA) is 71.5 Å². The number of rotatable bonds is 5. The Kier molecular flexibility index (Phi) is 4.42. The highest BCUT2D eigenvalue weighted by Gasteiger charge is 2.09. The van der Waals surface area contributed by atoms with Gasteiger partial charge in [0.2, 0.25) is 5.91 Å². The third kappa shape index (κ3) is 3.86. The summed E-state index contributed by atoms with van der Waals surface area (Å²) in [5, 5.41) is 2.82. The molecule has 0 radical (unpaired) electrons. The standard InChI is InChI=1S/C15H19N3O2/c1-11-3-4-14(13(16)7-11)17-15(19)9-18(2)8-12-5-6-20-10-12/h3-7,10H,8-9,16H2,1-2H3,(H,17,19). The van der Waals surface area contributed by atoms with Gasteiger partial charge in [0, 0.05) is 12.1 Å². The molecule has 0 atom stereocenters. The molecule has 1 amide bonds. The van der Waals surface area contributed by atoms with Crippen LogP contribution < -0.4 is 11.1 Å². The summed E-state index contributed by atoms with van der Waals surface area (Å²) in [5.74, 6) is -0.0912. The normalized spacial score (nSPS) is 10.8. The molecule has 2 aromatic rings. The van der Waals surface area contributed by atoms with Gasteiger partial charge in [-0.1, -0.05) is 6.07 Å². The van der Waals surface area contributed by atoms with E-state index in [0.29, 0.717) is 24.5 Å². The van der Waals surface area contributed by atoms with Crippen LogP contribution in [0.3, 0.4) is 0 Å². The second kappa shape index (κ2) is 6.25. The largest absolute Gasteiger partial charge is 0.472 e. The van der Waals surface area contributed by atoms with E-state index in [9.17, 15) is 4.79 Å². The van der Waals surface area contributed by atoms with Crippen molar-refractivity contribution in [2.45, 2.75) is 13.5 Å². The highest BCUT2D eigenvalue weighted by molar-refractivity contribution is 5.95. The lowest BCUT2D eigenvalue weighted by atomic mass is 10.2. The van der Waals surface area contributed by atoms with Gasteiger partial charge < -0.3 is 15.5 Å². The van der Waals surface area contributed by atoms with Gasteiger partial charge in [-0.2, -0.15) is 0 Å². The molecule has 0 bridgehead atoms. The van der Waals surface area contributed by atoms with Crippen LogP contribution in [0, 0.1) is 6.92 Å². The minimum Gasteiger partial charge on any atom is -0.472 e. The Hall–Kier alpha value is -2.27. The zero-order valence-electron chi connectivity index (χ0n) is 11.7. The summed E-state index contributed by atoms with van der Waals surface area (Å²) in [5.41, 5.74) is 9.20. The maximum Gasteiger partial charge on any atom is 0.238 e. The average molecular weight is 273 g/mol. The van der Waals surface area contributed by atoms with E-state index in [0.717, 1.165) is 11.1 Å². The highest BCUT2D eigenvalue weighted by Crippen LogP contribution is 2.19. The Bertz CT molecular complexity index is 579. The molecule has 1 heterocycles. The molecule has 0 saturated carbocycles. The number of nitrogen functional groups attached to an aromatic ring is 1. The lowest BCUT2D eigenvalue weighted by Crippen LogP contribution is -2.29. The van der Waals surface area contributed by atoms with E-state index in [1.165, 1.54) is 0 Å². The Balaban J connectivity index is 1.88. The van der Waals surface area contributed by atoms with Gasteiger partial charge in [-0.25, -0.2) is 0 Å². The molecular formula is C15H19N3O2. The third-order valence-corrected chi connectivity index (χ3v) is 2.93. The monoisotopic (exact) mass is 273 g/mol. The fourth-order valence-corrected chi connectivity index (χ4v) is 1.98. The number of aryl methyl sites for hydroxylation is 1. The summed E-state index contributed by atoms with van der Waals surface area (Å²) >= 11 is 0. The Morgan fingerprint density at radius 3 is 2.85 bits per heavy atom. The smallest absolute Gasteiger partial charge is 0.238 e. The van der Waals surface area contributed by atoms with Crippen molar-refractivity contribution in [2.75, 3.05) is 24.6 Å². The summed E-state index contributed by atoms with van der Waals surface area (Å²) in [6, 6.07) is 7.46. The van der Waals surface area contributed by atoms with Crippen molar-refractivity contribution in [3.63, 3.8) is 0 Å². The Morgan fingerprint density at radius 2 is 2.20 bits per heavy atom. The van der Waals surface area contributed by atoms with Crippen molar-refractivity contribution in [3.8, 4) is 0 Å². The van der Waals surface area contributed by atoms with Crippen LogP contribution in [0.15, 0.2) is 41.2 Å². The van der Waals surface area contributed by atoms with E-state index in [1.54, 1.807) is 12.5 Å². The number of hydrogen-bond acceptors (Lipinski definition) is 4. The van der Waals surface area contributed by atoms with Crippen molar-refractivity contribution in [1.82, 2.24) is 4.90 Å². The van der Waals surface area contributed by atoms with E-state index in [-0.39, 0.29) is 5.91 Å². The predicted molar refractivity (Wildman–Crippen MR) is 79.3 cm³/mol. The fraction of sp³-hybridized carbons (Fsp3) is 0.267. The number of nitrogens with two attached hydrogens (primary N) is 1. The van der Waals surface area contributed by atoms with Crippen LogP contribution in [0.25, 0.3) is 0 Å². The Labute approximate surface area is 118 Å². The van der Waals surface area contributed by atoms with Crippen LogP contribution in [0.5, 0.6) is 0 Å². The summed E-state index contributed by atoms with van der Waals surface area (Å²) in [7, 11) is 1.88. The molecule has 1 aromatic carbocycles. The molecule has 3 N–H and O–H groups in total. The SMILES string of the molecule is Cc1ccc(NC(=O)CN(C)Cc2ccoc2)c(N)c1. The Morgan fingerprint density at radius 1 is 1.40 bits per heavy atom. The number of amides is 1. The van der Waals surface area contributed by atoms with Crippen LogP contribution in [0.2, 0.25) is 0 Å². The minimum atomic E-state index is -0.0912. The van der Waals surface area contributed by atoms with Crippen LogP contribution >= 0.6 is 0 Å². The van der Waals surface area contributed by atoms with Crippen molar-refractivity contribution in [2.24, 2.45) is 0 Å². The van der Waals surface area contributed by atoms with Crippen LogP contribution in [-0.4, -0.2) is 24.4 Å². The van der Waals surface area contributed by atoms with Gasteiger partial charge in [0.25, 0.3) is 0 Å². The molecular weight excluding hydrogens is 254 g/mol. The fourth-order valence-electron chi connectivity index (χ4n) is 1.98. The molecule has 0 unspecified atom stereocenters. The van der Waals surface area contributed by atoms with Crippen LogP contribution in [-0.2, 0) is 11.3 Å². The molecule has 20 heavy (non-hydrogen) atoms. The average Bonchev–Trinajstić information content (AvgIpc) is 2.85. The van der Waals surface area contributed by atoms with Gasteiger partial charge in [-0.15, -0.1) is 0 Å². The molecule has 0 aliphatic rings. The number of benzene rings is 1. The van der Waals surface area contributed by atoms with Crippen molar-refractivity contribution < 1.29 is 9.21 Å². The molecule has 0 aliphatic heterocycles. The van der Waals surface area contributed by atoms with Gasteiger partial charge >= 0.3 is 0 Å².